The van der Waals surface area contributed by atoms with Crippen LogP contribution in [0.15, 0.2) is 82.7 Å². The summed E-state index contributed by atoms with van der Waals surface area (Å²) in [6, 6.07) is 23.5. The molecule has 0 radical (unpaired) electrons. The van der Waals surface area contributed by atoms with Gasteiger partial charge in [-0.25, -0.2) is 4.98 Å². The molecule has 0 aliphatic heterocycles. The second kappa shape index (κ2) is 8.53. The summed E-state index contributed by atoms with van der Waals surface area (Å²) in [6.45, 7) is 4.63. The minimum absolute atomic E-state index is 0.0637. The highest BCUT2D eigenvalue weighted by Crippen LogP contribution is 2.25. The quantitative estimate of drug-likeness (QED) is 0.321. The summed E-state index contributed by atoms with van der Waals surface area (Å²) in [7, 11) is 0. The molecule has 4 nitrogen and oxygen atoms in total. The van der Waals surface area contributed by atoms with Crippen LogP contribution >= 0.6 is 11.8 Å². The number of fused-ring (bicyclic) bond motifs is 1. The Labute approximate surface area is 174 Å². The van der Waals surface area contributed by atoms with Crippen molar-refractivity contribution in [3.05, 3.63) is 94.3 Å². The van der Waals surface area contributed by atoms with Gasteiger partial charge in [-0.2, -0.15) is 0 Å². The topological polar surface area (TPSA) is 44.1 Å². The van der Waals surface area contributed by atoms with Crippen LogP contribution in [0.3, 0.4) is 0 Å². The molecule has 29 heavy (non-hydrogen) atoms. The molecule has 0 atom stereocenters. The van der Waals surface area contributed by atoms with Crippen molar-refractivity contribution in [1.82, 2.24) is 9.55 Å². The van der Waals surface area contributed by atoms with Gasteiger partial charge >= 0.3 is 0 Å². The highest BCUT2D eigenvalue weighted by atomic mass is 32.2. The van der Waals surface area contributed by atoms with Crippen molar-refractivity contribution < 1.29 is 4.74 Å². The lowest BCUT2D eigenvalue weighted by atomic mass is 10.2. The van der Waals surface area contributed by atoms with Crippen LogP contribution in [0.1, 0.15) is 18.1 Å². The summed E-state index contributed by atoms with van der Waals surface area (Å²) in [5.41, 5.74) is 3.86. The summed E-state index contributed by atoms with van der Waals surface area (Å²) in [4.78, 5) is 18.1. The molecule has 4 aromatic rings. The molecule has 0 fully saturated rings. The SMILES string of the molecule is CCOc1ccc(-n2c(SCc3ccc(C)cc3)nc3ccccc3c2=O)cc1. The second-order valence-corrected chi connectivity index (χ2v) is 7.70. The Morgan fingerprint density at radius 2 is 1.69 bits per heavy atom. The number of nitrogens with zero attached hydrogens (tertiary/aromatic N) is 2. The lowest BCUT2D eigenvalue weighted by Crippen LogP contribution is -2.21. The van der Waals surface area contributed by atoms with Gasteiger partial charge in [0, 0.05) is 5.75 Å². The fourth-order valence-corrected chi connectivity index (χ4v) is 4.10. The third-order valence-corrected chi connectivity index (χ3v) is 5.65. The molecule has 4 rings (SSSR count). The van der Waals surface area contributed by atoms with Gasteiger partial charge in [0.1, 0.15) is 5.75 Å². The Hall–Kier alpha value is -3.05. The monoisotopic (exact) mass is 402 g/mol. The van der Waals surface area contributed by atoms with Crippen molar-refractivity contribution in [3.63, 3.8) is 0 Å². The zero-order valence-electron chi connectivity index (χ0n) is 16.5. The molecular formula is C24H22N2O2S. The molecule has 0 N–H and O–H groups in total. The fourth-order valence-electron chi connectivity index (χ4n) is 3.13. The van der Waals surface area contributed by atoms with Crippen molar-refractivity contribution >= 4 is 22.7 Å². The van der Waals surface area contributed by atoms with Crippen molar-refractivity contribution in [2.24, 2.45) is 0 Å². The first kappa shape index (κ1) is 19.3. The lowest BCUT2D eigenvalue weighted by molar-refractivity contribution is 0.340. The molecule has 1 aromatic heterocycles. The maximum Gasteiger partial charge on any atom is 0.266 e. The number of benzene rings is 3. The average Bonchev–Trinajstić information content (AvgIpc) is 2.75. The van der Waals surface area contributed by atoms with E-state index in [1.807, 2.05) is 55.5 Å². The predicted octanol–water partition coefficient (Wildman–Crippen LogP) is 5.39. The van der Waals surface area contributed by atoms with E-state index in [-0.39, 0.29) is 5.56 Å². The van der Waals surface area contributed by atoms with Crippen molar-refractivity contribution in [2.75, 3.05) is 6.61 Å². The van der Waals surface area contributed by atoms with Gasteiger partial charge in [0.05, 0.1) is 23.2 Å². The number of thioether (sulfide) groups is 1. The molecular weight excluding hydrogens is 380 g/mol. The molecule has 0 saturated carbocycles. The minimum atomic E-state index is -0.0637. The lowest BCUT2D eigenvalue weighted by Gasteiger charge is -2.14. The van der Waals surface area contributed by atoms with E-state index in [0.29, 0.717) is 22.7 Å². The van der Waals surface area contributed by atoms with Crippen LogP contribution < -0.4 is 10.3 Å². The Morgan fingerprint density at radius 1 is 0.966 bits per heavy atom. The first-order valence-electron chi connectivity index (χ1n) is 9.59. The number of aromatic nitrogens is 2. The molecule has 0 amide bonds. The molecule has 0 unspecified atom stereocenters. The van der Waals surface area contributed by atoms with E-state index in [2.05, 4.69) is 31.2 Å². The third-order valence-electron chi connectivity index (χ3n) is 4.64. The van der Waals surface area contributed by atoms with E-state index >= 15 is 0 Å². The van der Waals surface area contributed by atoms with Gasteiger partial charge in [-0.3, -0.25) is 9.36 Å². The summed E-state index contributed by atoms with van der Waals surface area (Å²) in [5.74, 6) is 1.52. The standard InChI is InChI=1S/C24H22N2O2S/c1-3-28-20-14-12-19(13-15-20)26-23(27)21-6-4-5-7-22(21)25-24(26)29-16-18-10-8-17(2)9-11-18/h4-15H,3,16H2,1-2H3. The number of hydrogen-bond acceptors (Lipinski definition) is 4. The van der Waals surface area contributed by atoms with Gasteiger partial charge in [0.15, 0.2) is 5.16 Å². The highest BCUT2D eigenvalue weighted by molar-refractivity contribution is 7.98. The van der Waals surface area contributed by atoms with Crippen LogP contribution in [0.25, 0.3) is 16.6 Å². The molecule has 3 aromatic carbocycles. The number of ether oxygens (including phenoxy) is 1. The average molecular weight is 403 g/mol. The van der Waals surface area contributed by atoms with Gasteiger partial charge in [-0.05, 0) is 55.8 Å². The molecule has 5 heteroatoms. The summed E-state index contributed by atoms with van der Waals surface area (Å²) in [6.07, 6.45) is 0. The van der Waals surface area contributed by atoms with Gasteiger partial charge in [-0.15, -0.1) is 0 Å². The van der Waals surface area contributed by atoms with Crippen LogP contribution in [0.5, 0.6) is 5.75 Å². The largest absolute Gasteiger partial charge is 0.494 e. The van der Waals surface area contributed by atoms with Crippen LogP contribution in [0, 0.1) is 6.92 Å². The van der Waals surface area contributed by atoms with Gasteiger partial charge in [0.25, 0.3) is 5.56 Å². The maximum atomic E-state index is 13.3. The zero-order valence-corrected chi connectivity index (χ0v) is 17.3. The molecule has 0 saturated heterocycles. The Balaban J connectivity index is 1.77. The Morgan fingerprint density at radius 3 is 2.41 bits per heavy atom. The number of aryl methyl sites for hydroxylation is 1. The predicted molar refractivity (Wildman–Crippen MR) is 119 cm³/mol. The highest BCUT2D eigenvalue weighted by Gasteiger charge is 2.13. The summed E-state index contributed by atoms with van der Waals surface area (Å²) >= 11 is 1.56. The smallest absolute Gasteiger partial charge is 0.266 e. The van der Waals surface area contributed by atoms with E-state index < -0.39 is 0 Å². The first-order chi connectivity index (χ1) is 14.2. The molecule has 0 spiro atoms. The molecule has 0 aliphatic carbocycles. The fraction of sp³-hybridized carbons (Fsp3) is 0.167. The molecule has 146 valence electrons. The van der Waals surface area contributed by atoms with Gasteiger partial charge in [-0.1, -0.05) is 53.7 Å². The normalized spacial score (nSPS) is 11.0. The third kappa shape index (κ3) is 4.20. The van der Waals surface area contributed by atoms with Gasteiger partial charge in [0.2, 0.25) is 0 Å². The molecule has 1 heterocycles. The van der Waals surface area contributed by atoms with E-state index in [1.54, 1.807) is 16.3 Å². The van der Waals surface area contributed by atoms with Crippen LogP contribution in [0.2, 0.25) is 0 Å². The zero-order chi connectivity index (χ0) is 20.2. The minimum Gasteiger partial charge on any atom is -0.494 e. The van der Waals surface area contributed by atoms with E-state index in [9.17, 15) is 4.79 Å². The van der Waals surface area contributed by atoms with E-state index in [0.717, 1.165) is 17.2 Å². The van der Waals surface area contributed by atoms with E-state index in [1.165, 1.54) is 11.1 Å². The Bertz CT molecular complexity index is 1180. The number of rotatable bonds is 6. The van der Waals surface area contributed by atoms with Crippen LogP contribution in [0.4, 0.5) is 0 Å². The second-order valence-electron chi connectivity index (χ2n) is 6.75. The number of para-hydroxylation sites is 1. The van der Waals surface area contributed by atoms with Crippen LogP contribution in [-0.4, -0.2) is 16.2 Å². The van der Waals surface area contributed by atoms with Crippen molar-refractivity contribution in [2.45, 2.75) is 24.8 Å². The summed E-state index contributed by atoms with van der Waals surface area (Å²) < 4.78 is 7.23. The molecule has 0 aliphatic rings. The van der Waals surface area contributed by atoms with Crippen molar-refractivity contribution in [3.8, 4) is 11.4 Å². The number of hydrogen-bond donors (Lipinski definition) is 0. The summed E-state index contributed by atoms with van der Waals surface area (Å²) in [5, 5.41) is 1.29. The van der Waals surface area contributed by atoms with Crippen molar-refractivity contribution in [1.29, 1.82) is 0 Å². The molecule has 0 bridgehead atoms. The first-order valence-corrected chi connectivity index (χ1v) is 10.6. The van der Waals surface area contributed by atoms with E-state index in [4.69, 9.17) is 9.72 Å². The van der Waals surface area contributed by atoms with Crippen LogP contribution in [-0.2, 0) is 5.75 Å². The maximum absolute atomic E-state index is 13.3. The Kier molecular flexibility index (Phi) is 5.67. The van der Waals surface area contributed by atoms with Gasteiger partial charge < -0.3 is 4.74 Å².